The predicted molar refractivity (Wildman–Crippen MR) is 105 cm³/mol. The summed E-state index contributed by atoms with van der Waals surface area (Å²) in [5.41, 5.74) is -2.56. The van der Waals surface area contributed by atoms with Crippen LogP contribution in [0.15, 0.2) is 30.3 Å². The molecule has 0 spiro atoms. The molecule has 3 N–H and O–H groups in total. The van der Waals surface area contributed by atoms with Gasteiger partial charge in [-0.25, -0.2) is 0 Å². The molecule has 16 heteroatoms. The summed E-state index contributed by atoms with van der Waals surface area (Å²) >= 11 is 0. The Morgan fingerprint density at radius 1 is 1.00 bits per heavy atom. The van der Waals surface area contributed by atoms with Crippen LogP contribution in [0.5, 0.6) is 0 Å². The molecule has 1 saturated carbocycles. The molecule has 1 aromatic rings. The van der Waals surface area contributed by atoms with Crippen LogP contribution in [0.3, 0.4) is 0 Å². The fourth-order valence-corrected chi connectivity index (χ4v) is 6.52. The highest BCUT2D eigenvalue weighted by molar-refractivity contribution is 7.87. The molecule has 206 valence electrons. The van der Waals surface area contributed by atoms with E-state index in [1.807, 2.05) is 0 Å². The van der Waals surface area contributed by atoms with Crippen molar-refractivity contribution < 1.29 is 62.0 Å². The molecule has 1 atom stereocenters. The number of aliphatic hydroxyl groups is 1. The Morgan fingerprint density at radius 3 is 1.81 bits per heavy atom. The first kappa shape index (κ1) is 30.2. The van der Waals surface area contributed by atoms with Gasteiger partial charge in [-0.05, 0) is 38.2 Å². The third-order valence-electron chi connectivity index (χ3n) is 6.88. The number of halogens is 9. The number of rotatable bonds is 7. The highest BCUT2D eigenvalue weighted by Gasteiger charge is 2.75. The van der Waals surface area contributed by atoms with E-state index in [9.17, 15) is 57.8 Å². The summed E-state index contributed by atoms with van der Waals surface area (Å²) in [6, 6.07) is 6.06. The molecule has 6 nitrogen and oxygen atoms in total. The number of hydrogen-bond donors (Lipinski definition) is 2. The SMILES string of the molecule is CC(c1ccccc1)(C1(C(N)=O)CCC(C(O)(C(F)(F)F)C(F)(F)F)CC1)S(=O)(=O)OCC(F)(F)F. The maximum Gasteiger partial charge on any atom is 0.426 e. The van der Waals surface area contributed by atoms with Gasteiger partial charge < -0.3 is 10.8 Å². The van der Waals surface area contributed by atoms with Crippen LogP contribution in [0.4, 0.5) is 39.5 Å². The average Bonchev–Trinajstić information content (AvgIpc) is 2.75. The lowest BCUT2D eigenvalue weighted by Gasteiger charge is -2.51. The first-order valence-electron chi connectivity index (χ1n) is 10.2. The van der Waals surface area contributed by atoms with Crippen molar-refractivity contribution in [2.24, 2.45) is 17.1 Å². The van der Waals surface area contributed by atoms with Crippen molar-refractivity contribution >= 4 is 16.0 Å². The van der Waals surface area contributed by atoms with Crippen molar-refractivity contribution in [2.45, 2.75) is 61.5 Å². The molecule has 2 rings (SSSR count). The summed E-state index contributed by atoms with van der Waals surface area (Å²) in [6.45, 7) is -1.53. The van der Waals surface area contributed by atoms with Crippen molar-refractivity contribution in [1.82, 2.24) is 0 Å². The number of nitrogens with two attached hydrogens (primary N) is 1. The number of carbonyl (C=O) groups is 1. The molecule has 1 unspecified atom stereocenters. The molecule has 0 aromatic heterocycles. The molecule has 1 aliphatic carbocycles. The average molecular weight is 559 g/mol. The number of alkyl halides is 9. The van der Waals surface area contributed by atoms with Gasteiger partial charge in [0, 0.05) is 5.92 Å². The minimum atomic E-state index is -6.17. The van der Waals surface area contributed by atoms with E-state index in [0.29, 0.717) is 0 Å². The third-order valence-corrected chi connectivity index (χ3v) is 8.94. The lowest BCUT2D eigenvalue weighted by atomic mass is 9.59. The van der Waals surface area contributed by atoms with Crippen LogP contribution in [0.25, 0.3) is 0 Å². The normalized spacial score (nSPS) is 24.2. The topological polar surface area (TPSA) is 107 Å². The molecule has 36 heavy (non-hydrogen) atoms. The Kier molecular flexibility index (Phi) is 7.83. The molecule has 1 fully saturated rings. The number of hydrogen-bond acceptors (Lipinski definition) is 5. The highest BCUT2D eigenvalue weighted by atomic mass is 32.2. The molecule has 1 amide bonds. The van der Waals surface area contributed by atoms with Crippen LogP contribution in [-0.4, -0.2) is 50.2 Å². The van der Waals surface area contributed by atoms with Crippen LogP contribution in [-0.2, 0) is 23.8 Å². The second-order valence-electron chi connectivity index (χ2n) is 8.71. The molecule has 0 saturated heterocycles. The summed E-state index contributed by atoms with van der Waals surface area (Å²) in [7, 11) is -5.45. The lowest BCUT2D eigenvalue weighted by Crippen LogP contribution is -2.64. The van der Waals surface area contributed by atoms with Gasteiger partial charge >= 0.3 is 18.5 Å². The van der Waals surface area contributed by atoms with Crippen molar-refractivity contribution in [3.05, 3.63) is 35.9 Å². The third kappa shape index (κ3) is 4.90. The summed E-state index contributed by atoms with van der Waals surface area (Å²) in [4.78, 5) is 12.7. The second kappa shape index (κ2) is 9.35. The fourth-order valence-electron chi connectivity index (χ4n) is 4.79. The van der Waals surface area contributed by atoms with E-state index in [1.54, 1.807) is 0 Å². The van der Waals surface area contributed by atoms with Crippen molar-refractivity contribution in [1.29, 1.82) is 0 Å². The maximum absolute atomic E-state index is 13.4. The Bertz CT molecular complexity index is 1030. The van der Waals surface area contributed by atoms with E-state index in [2.05, 4.69) is 4.18 Å². The highest BCUT2D eigenvalue weighted by Crippen LogP contribution is 2.59. The monoisotopic (exact) mass is 559 g/mol. The van der Waals surface area contributed by atoms with Crippen molar-refractivity contribution in [3.8, 4) is 0 Å². The van der Waals surface area contributed by atoms with Crippen LogP contribution < -0.4 is 5.73 Å². The standard InChI is InChI=1S/C20H22F9NO5S/c1-15(12-5-3-2-4-6-12,36(33,34)35-11-17(21,22)23)16(14(30)31)9-7-13(8-10-16)18(32,19(24,25)26)20(27,28)29/h2-6,13,32H,7-11H2,1H3,(H2,30,31). The zero-order valence-corrected chi connectivity index (χ0v) is 19.3. The molecular weight excluding hydrogens is 537 g/mol. The molecule has 1 aliphatic rings. The van der Waals surface area contributed by atoms with E-state index in [1.165, 1.54) is 18.2 Å². The first-order chi connectivity index (χ1) is 16.1. The number of carbonyl (C=O) groups excluding carboxylic acids is 1. The van der Waals surface area contributed by atoms with Gasteiger partial charge in [-0.1, -0.05) is 30.3 Å². The lowest BCUT2D eigenvalue weighted by molar-refractivity contribution is -0.387. The quantitative estimate of drug-likeness (QED) is 0.382. The predicted octanol–water partition coefficient (Wildman–Crippen LogP) is 4.33. The zero-order valence-electron chi connectivity index (χ0n) is 18.5. The van der Waals surface area contributed by atoms with Gasteiger partial charge in [-0.2, -0.15) is 47.9 Å². The van der Waals surface area contributed by atoms with E-state index in [-0.39, 0.29) is 5.56 Å². The maximum atomic E-state index is 13.4. The number of amides is 1. The zero-order chi connectivity index (χ0) is 28.0. The van der Waals surface area contributed by atoms with Gasteiger partial charge in [0.25, 0.3) is 15.7 Å². The number of primary amides is 1. The van der Waals surface area contributed by atoms with Gasteiger partial charge in [0.15, 0.2) is 6.61 Å². The van der Waals surface area contributed by atoms with E-state index in [0.717, 1.165) is 19.1 Å². The van der Waals surface area contributed by atoms with Gasteiger partial charge in [0.05, 0.1) is 5.41 Å². The molecule has 0 aliphatic heterocycles. The molecule has 0 bridgehead atoms. The fraction of sp³-hybridized carbons (Fsp3) is 0.650. The second-order valence-corrected chi connectivity index (χ2v) is 10.7. The summed E-state index contributed by atoms with van der Waals surface area (Å²) in [5.74, 6) is -4.04. The Labute approximate surface area is 199 Å². The summed E-state index contributed by atoms with van der Waals surface area (Å²) in [6.07, 6.45) is -21.9. The van der Waals surface area contributed by atoms with E-state index >= 15 is 0 Å². The van der Waals surface area contributed by atoms with Crippen LogP contribution in [0.1, 0.15) is 38.2 Å². The van der Waals surface area contributed by atoms with Crippen LogP contribution in [0, 0.1) is 11.3 Å². The minimum absolute atomic E-state index is 0.327. The van der Waals surface area contributed by atoms with Gasteiger partial charge in [0.2, 0.25) is 5.91 Å². The summed E-state index contributed by atoms with van der Waals surface area (Å²) in [5, 5.41) is 9.74. The van der Waals surface area contributed by atoms with Crippen molar-refractivity contribution in [3.63, 3.8) is 0 Å². The molecular formula is C20H22F9NO5S. The minimum Gasteiger partial charge on any atom is -0.373 e. The van der Waals surface area contributed by atoms with Crippen molar-refractivity contribution in [2.75, 3.05) is 6.61 Å². The smallest absolute Gasteiger partial charge is 0.373 e. The molecule has 0 radical (unpaired) electrons. The largest absolute Gasteiger partial charge is 0.426 e. The Morgan fingerprint density at radius 2 is 1.44 bits per heavy atom. The summed E-state index contributed by atoms with van der Waals surface area (Å²) < 4.78 is 146. The van der Waals surface area contributed by atoms with E-state index < -0.39 is 88.5 Å². The Hall–Kier alpha value is -2.07. The van der Waals surface area contributed by atoms with Crippen LogP contribution in [0.2, 0.25) is 0 Å². The van der Waals surface area contributed by atoms with Gasteiger partial charge in [-0.15, -0.1) is 0 Å². The first-order valence-corrected chi connectivity index (χ1v) is 11.6. The van der Waals surface area contributed by atoms with Gasteiger partial charge in [0.1, 0.15) is 4.75 Å². The number of benzene rings is 1. The van der Waals surface area contributed by atoms with Crippen LogP contribution >= 0.6 is 0 Å². The Balaban J connectivity index is 2.66. The molecule has 1 aromatic carbocycles. The molecule has 0 heterocycles. The van der Waals surface area contributed by atoms with Gasteiger partial charge in [-0.3, -0.25) is 8.98 Å². The van der Waals surface area contributed by atoms with E-state index in [4.69, 9.17) is 5.73 Å².